The highest BCUT2D eigenvalue weighted by Crippen LogP contribution is 2.25. The van der Waals surface area contributed by atoms with E-state index in [2.05, 4.69) is 22.5 Å². The Morgan fingerprint density at radius 3 is 2.82 bits per heavy atom. The van der Waals surface area contributed by atoms with Gasteiger partial charge < -0.3 is 15.5 Å². The normalized spacial score (nSPS) is 23.3. The molecule has 1 aromatic rings. The van der Waals surface area contributed by atoms with Gasteiger partial charge in [-0.3, -0.25) is 4.79 Å². The van der Waals surface area contributed by atoms with Gasteiger partial charge in [-0.05, 0) is 52.0 Å². The summed E-state index contributed by atoms with van der Waals surface area (Å²) in [6, 6.07) is 8.31. The molecule has 0 spiro atoms. The summed E-state index contributed by atoms with van der Waals surface area (Å²) >= 11 is 6.30. The quantitative estimate of drug-likeness (QED) is 0.875. The number of nitrogens with zero attached hydrogens (tertiary/aromatic N) is 1. The van der Waals surface area contributed by atoms with E-state index in [1.807, 2.05) is 38.4 Å². The average molecular weight is 324 g/mol. The molecule has 0 radical (unpaired) electrons. The fourth-order valence-corrected chi connectivity index (χ4v) is 3.29. The maximum absolute atomic E-state index is 12.4. The number of hydrogen-bond donors (Lipinski definition) is 2. The smallest absolute Gasteiger partial charge is 0.223 e. The van der Waals surface area contributed by atoms with Crippen molar-refractivity contribution >= 4 is 17.5 Å². The highest BCUT2D eigenvalue weighted by atomic mass is 35.5. The van der Waals surface area contributed by atoms with Crippen LogP contribution < -0.4 is 10.6 Å². The Kier molecular flexibility index (Phi) is 6.24. The van der Waals surface area contributed by atoms with Crippen LogP contribution in [0.3, 0.4) is 0 Å². The molecule has 0 saturated carbocycles. The molecule has 1 aromatic carbocycles. The number of nitrogens with one attached hydrogen (secondary N) is 2. The monoisotopic (exact) mass is 323 g/mol. The second-order valence-electron chi connectivity index (χ2n) is 6.32. The van der Waals surface area contributed by atoms with E-state index in [1.54, 1.807) is 0 Å². The number of carbonyl (C=O) groups is 1. The number of rotatable bonds is 5. The standard InChI is InChI=1S/C17H26ClN3O/c1-12-10-13(8-9-19-12)17(22)20-11-16(21(2)3)14-6-4-5-7-15(14)18/h4-7,12-13,16,19H,8-11H2,1-3H3,(H,20,22)/t12-,13-,16?/m0/s1. The summed E-state index contributed by atoms with van der Waals surface area (Å²) in [4.78, 5) is 14.5. The second kappa shape index (κ2) is 7.95. The molecule has 1 heterocycles. The molecule has 1 unspecified atom stereocenters. The Bertz CT molecular complexity index is 506. The molecule has 5 heteroatoms. The number of halogens is 1. The lowest BCUT2D eigenvalue weighted by atomic mass is 9.92. The van der Waals surface area contributed by atoms with Crippen LogP contribution in [0, 0.1) is 5.92 Å². The third-order valence-corrected chi connectivity index (χ3v) is 4.70. The van der Waals surface area contributed by atoms with Crippen LogP contribution in [0.15, 0.2) is 24.3 Å². The van der Waals surface area contributed by atoms with Crippen molar-refractivity contribution in [1.29, 1.82) is 0 Å². The SMILES string of the molecule is C[C@H]1C[C@@H](C(=O)NCC(c2ccccc2Cl)N(C)C)CCN1. The molecule has 1 aliphatic heterocycles. The van der Waals surface area contributed by atoms with Crippen molar-refractivity contribution in [2.45, 2.75) is 31.8 Å². The van der Waals surface area contributed by atoms with Crippen molar-refractivity contribution in [1.82, 2.24) is 15.5 Å². The number of carbonyl (C=O) groups excluding carboxylic acids is 1. The van der Waals surface area contributed by atoms with Gasteiger partial charge in [0.15, 0.2) is 0 Å². The Labute approximate surface area is 138 Å². The van der Waals surface area contributed by atoms with Gasteiger partial charge in [-0.2, -0.15) is 0 Å². The number of benzene rings is 1. The number of likely N-dealkylation sites (N-methyl/N-ethyl adjacent to an activating group) is 1. The van der Waals surface area contributed by atoms with Crippen molar-refractivity contribution in [2.24, 2.45) is 5.92 Å². The molecular formula is C17H26ClN3O. The first-order valence-corrected chi connectivity index (χ1v) is 8.28. The van der Waals surface area contributed by atoms with Crippen LogP contribution in [-0.4, -0.2) is 44.0 Å². The van der Waals surface area contributed by atoms with Gasteiger partial charge in [0.2, 0.25) is 5.91 Å². The van der Waals surface area contributed by atoms with Gasteiger partial charge in [0.05, 0.1) is 6.04 Å². The van der Waals surface area contributed by atoms with Crippen molar-refractivity contribution in [3.8, 4) is 0 Å². The first kappa shape index (κ1) is 17.3. The summed E-state index contributed by atoms with van der Waals surface area (Å²) in [6.07, 6.45) is 1.82. The lowest BCUT2D eigenvalue weighted by molar-refractivity contribution is -0.126. The molecule has 0 aromatic heterocycles. The van der Waals surface area contributed by atoms with Crippen LogP contribution in [-0.2, 0) is 4.79 Å². The van der Waals surface area contributed by atoms with Crippen LogP contribution in [0.4, 0.5) is 0 Å². The van der Waals surface area contributed by atoms with Crippen molar-refractivity contribution in [3.05, 3.63) is 34.9 Å². The van der Waals surface area contributed by atoms with E-state index in [0.717, 1.165) is 30.0 Å². The Morgan fingerprint density at radius 1 is 1.45 bits per heavy atom. The van der Waals surface area contributed by atoms with E-state index in [0.29, 0.717) is 12.6 Å². The fraction of sp³-hybridized carbons (Fsp3) is 0.588. The van der Waals surface area contributed by atoms with E-state index < -0.39 is 0 Å². The number of hydrogen-bond acceptors (Lipinski definition) is 3. The molecule has 0 bridgehead atoms. The molecule has 4 nitrogen and oxygen atoms in total. The van der Waals surface area contributed by atoms with Crippen molar-refractivity contribution in [2.75, 3.05) is 27.2 Å². The van der Waals surface area contributed by atoms with Crippen molar-refractivity contribution < 1.29 is 4.79 Å². The third-order valence-electron chi connectivity index (χ3n) is 4.35. The predicted molar refractivity (Wildman–Crippen MR) is 91.1 cm³/mol. The van der Waals surface area contributed by atoms with E-state index in [-0.39, 0.29) is 17.9 Å². The van der Waals surface area contributed by atoms with Crippen LogP contribution in [0.5, 0.6) is 0 Å². The molecule has 2 N–H and O–H groups in total. The van der Waals surface area contributed by atoms with E-state index >= 15 is 0 Å². The fourth-order valence-electron chi connectivity index (χ4n) is 3.03. The van der Waals surface area contributed by atoms with Gasteiger partial charge in [-0.15, -0.1) is 0 Å². The predicted octanol–water partition coefficient (Wildman–Crippen LogP) is 2.45. The largest absolute Gasteiger partial charge is 0.354 e. The van der Waals surface area contributed by atoms with Gasteiger partial charge in [0.25, 0.3) is 0 Å². The molecule has 1 amide bonds. The van der Waals surface area contributed by atoms with Gasteiger partial charge in [0, 0.05) is 23.5 Å². The minimum atomic E-state index is 0.0804. The zero-order valence-electron chi connectivity index (χ0n) is 13.6. The number of piperidine rings is 1. The molecule has 1 saturated heterocycles. The molecular weight excluding hydrogens is 298 g/mol. The molecule has 3 atom stereocenters. The zero-order chi connectivity index (χ0) is 16.1. The van der Waals surface area contributed by atoms with Crippen LogP contribution in [0.25, 0.3) is 0 Å². The van der Waals surface area contributed by atoms with Gasteiger partial charge >= 0.3 is 0 Å². The lowest BCUT2D eigenvalue weighted by Gasteiger charge is -2.29. The first-order chi connectivity index (χ1) is 10.5. The Balaban J connectivity index is 1.97. The van der Waals surface area contributed by atoms with Crippen LogP contribution >= 0.6 is 11.6 Å². The van der Waals surface area contributed by atoms with Gasteiger partial charge in [-0.1, -0.05) is 29.8 Å². The van der Waals surface area contributed by atoms with Crippen LogP contribution in [0.1, 0.15) is 31.4 Å². The zero-order valence-corrected chi connectivity index (χ0v) is 14.4. The Morgan fingerprint density at radius 2 is 2.18 bits per heavy atom. The molecule has 2 rings (SSSR count). The topological polar surface area (TPSA) is 44.4 Å². The first-order valence-electron chi connectivity index (χ1n) is 7.91. The van der Waals surface area contributed by atoms with E-state index in [4.69, 9.17) is 11.6 Å². The summed E-state index contributed by atoms with van der Waals surface area (Å²) in [5.41, 5.74) is 1.05. The maximum atomic E-state index is 12.4. The molecule has 0 aliphatic carbocycles. The molecule has 22 heavy (non-hydrogen) atoms. The Hall–Kier alpha value is -1.10. The van der Waals surface area contributed by atoms with Gasteiger partial charge in [-0.25, -0.2) is 0 Å². The minimum absolute atomic E-state index is 0.0804. The molecule has 122 valence electrons. The summed E-state index contributed by atoms with van der Waals surface area (Å²) in [5.74, 6) is 0.276. The summed E-state index contributed by atoms with van der Waals surface area (Å²) in [5, 5.41) is 7.23. The minimum Gasteiger partial charge on any atom is -0.354 e. The molecule has 1 aliphatic rings. The van der Waals surface area contributed by atoms with Crippen molar-refractivity contribution in [3.63, 3.8) is 0 Å². The maximum Gasteiger partial charge on any atom is 0.223 e. The summed E-state index contributed by atoms with van der Waals surface area (Å²) in [7, 11) is 4.01. The van der Waals surface area contributed by atoms with E-state index in [1.165, 1.54) is 0 Å². The van der Waals surface area contributed by atoms with E-state index in [9.17, 15) is 4.79 Å². The summed E-state index contributed by atoms with van der Waals surface area (Å²) < 4.78 is 0. The van der Waals surface area contributed by atoms with Crippen LogP contribution in [0.2, 0.25) is 5.02 Å². The summed E-state index contributed by atoms with van der Waals surface area (Å²) in [6.45, 7) is 3.63. The number of amides is 1. The molecule has 1 fully saturated rings. The average Bonchev–Trinajstić information content (AvgIpc) is 2.48. The highest BCUT2D eigenvalue weighted by Gasteiger charge is 2.26. The van der Waals surface area contributed by atoms with Gasteiger partial charge in [0.1, 0.15) is 0 Å². The third kappa shape index (κ3) is 4.45. The highest BCUT2D eigenvalue weighted by molar-refractivity contribution is 6.31. The lowest BCUT2D eigenvalue weighted by Crippen LogP contribution is -2.44. The second-order valence-corrected chi connectivity index (χ2v) is 6.73.